The lowest BCUT2D eigenvalue weighted by molar-refractivity contribution is 0.454. The second-order valence-corrected chi connectivity index (χ2v) is 5.73. The van der Waals surface area contributed by atoms with Crippen molar-refractivity contribution in [1.82, 2.24) is 9.97 Å². The Morgan fingerprint density at radius 1 is 1.05 bits per heavy atom. The molecule has 0 radical (unpaired) electrons. The summed E-state index contributed by atoms with van der Waals surface area (Å²) >= 11 is 3.42. The summed E-state index contributed by atoms with van der Waals surface area (Å²) in [7, 11) is 0. The molecule has 0 aliphatic heterocycles. The number of aryl methyl sites for hydroxylation is 2. The summed E-state index contributed by atoms with van der Waals surface area (Å²) in [6.45, 7) is 3.60. The van der Waals surface area contributed by atoms with Gasteiger partial charge in [-0.25, -0.2) is 18.7 Å². The Labute approximate surface area is 134 Å². The predicted molar refractivity (Wildman–Crippen MR) is 83.1 cm³/mol. The first-order valence-corrected chi connectivity index (χ1v) is 7.31. The number of halogens is 3. The van der Waals surface area contributed by atoms with Gasteiger partial charge in [0.05, 0.1) is 9.99 Å². The van der Waals surface area contributed by atoms with Crippen molar-refractivity contribution in [2.75, 3.05) is 0 Å². The van der Waals surface area contributed by atoms with E-state index in [9.17, 15) is 8.78 Å². The fraction of sp³-hybridized carbons (Fsp3) is 0.125. The number of fused-ring (bicyclic) bond motifs is 1. The maximum absolute atomic E-state index is 13.7. The molecule has 112 valence electrons. The van der Waals surface area contributed by atoms with Gasteiger partial charge in [-0.05, 0) is 59.6 Å². The lowest BCUT2D eigenvalue weighted by Gasteiger charge is -2.10. The Morgan fingerprint density at radius 2 is 1.82 bits per heavy atom. The zero-order chi connectivity index (χ0) is 15.9. The number of ether oxygens (including phenoxy) is 1. The topological polar surface area (TPSA) is 35.0 Å². The van der Waals surface area contributed by atoms with E-state index < -0.39 is 11.6 Å². The molecule has 0 fully saturated rings. The lowest BCUT2D eigenvalue weighted by atomic mass is 10.2. The van der Waals surface area contributed by atoms with Crippen molar-refractivity contribution >= 4 is 27.0 Å². The van der Waals surface area contributed by atoms with Crippen molar-refractivity contribution < 1.29 is 13.5 Å². The highest BCUT2D eigenvalue weighted by Gasteiger charge is 2.14. The molecule has 0 unspecified atom stereocenters. The minimum absolute atomic E-state index is 0.104. The van der Waals surface area contributed by atoms with Gasteiger partial charge in [-0.3, -0.25) is 0 Å². The first-order chi connectivity index (χ1) is 10.5. The maximum Gasteiger partial charge on any atom is 0.241 e. The minimum Gasteiger partial charge on any atom is -0.436 e. The van der Waals surface area contributed by atoms with Crippen molar-refractivity contribution in [2.45, 2.75) is 13.8 Å². The van der Waals surface area contributed by atoms with Gasteiger partial charge in [-0.15, -0.1) is 0 Å². The Kier molecular flexibility index (Phi) is 3.78. The number of hydrogen-bond donors (Lipinski definition) is 0. The average molecular weight is 365 g/mol. The molecule has 6 heteroatoms. The lowest BCUT2D eigenvalue weighted by Crippen LogP contribution is -1.99. The van der Waals surface area contributed by atoms with E-state index in [2.05, 4.69) is 25.9 Å². The van der Waals surface area contributed by atoms with Gasteiger partial charge in [-0.1, -0.05) is 6.07 Å². The SMILES string of the molecule is Cc1ccc(Oc2nc3ccc(F)c(F)c3nc2C)c(Br)c1. The molecule has 2 aromatic carbocycles. The van der Waals surface area contributed by atoms with Crippen LogP contribution in [0.5, 0.6) is 11.6 Å². The highest BCUT2D eigenvalue weighted by atomic mass is 79.9. The molecular formula is C16H11BrF2N2O. The molecule has 22 heavy (non-hydrogen) atoms. The molecule has 1 heterocycles. The van der Waals surface area contributed by atoms with E-state index in [1.165, 1.54) is 6.07 Å². The van der Waals surface area contributed by atoms with Crippen molar-refractivity contribution in [2.24, 2.45) is 0 Å². The fourth-order valence-electron chi connectivity index (χ4n) is 2.02. The van der Waals surface area contributed by atoms with Gasteiger partial charge in [0.25, 0.3) is 0 Å². The van der Waals surface area contributed by atoms with E-state index in [4.69, 9.17) is 4.74 Å². The summed E-state index contributed by atoms with van der Waals surface area (Å²) in [5.74, 6) is -1.12. The van der Waals surface area contributed by atoms with E-state index in [0.29, 0.717) is 11.4 Å². The smallest absolute Gasteiger partial charge is 0.241 e. The van der Waals surface area contributed by atoms with Crippen LogP contribution in [0.25, 0.3) is 11.0 Å². The van der Waals surface area contributed by atoms with Crippen LogP contribution in [0.4, 0.5) is 8.78 Å². The third-order valence-corrected chi connectivity index (χ3v) is 3.77. The number of benzene rings is 2. The zero-order valence-corrected chi connectivity index (χ0v) is 13.4. The van der Waals surface area contributed by atoms with Crippen LogP contribution in [0.3, 0.4) is 0 Å². The van der Waals surface area contributed by atoms with Crippen LogP contribution in [0.1, 0.15) is 11.3 Å². The summed E-state index contributed by atoms with van der Waals surface area (Å²) < 4.78 is 33.5. The largest absolute Gasteiger partial charge is 0.436 e. The van der Waals surface area contributed by atoms with Crippen LogP contribution in [0.15, 0.2) is 34.8 Å². The standard InChI is InChI=1S/C16H11BrF2N2O/c1-8-3-6-13(10(17)7-8)22-16-9(2)20-15-12(21-16)5-4-11(18)14(15)19/h3-7H,1-2H3. The highest BCUT2D eigenvalue weighted by Crippen LogP contribution is 2.31. The van der Waals surface area contributed by atoms with Gasteiger partial charge in [0, 0.05) is 0 Å². The van der Waals surface area contributed by atoms with Crippen LogP contribution >= 0.6 is 15.9 Å². The molecule has 0 amide bonds. The number of aromatic nitrogens is 2. The summed E-state index contributed by atoms with van der Waals surface area (Å²) in [6, 6.07) is 8.01. The van der Waals surface area contributed by atoms with E-state index in [-0.39, 0.29) is 16.9 Å². The third kappa shape index (κ3) is 2.66. The van der Waals surface area contributed by atoms with Gasteiger partial charge in [0.1, 0.15) is 17.0 Å². The molecule has 1 aromatic heterocycles. The van der Waals surface area contributed by atoms with Gasteiger partial charge in [0.15, 0.2) is 11.6 Å². The van der Waals surface area contributed by atoms with Crippen LogP contribution in [0, 0.1) is 25.5 Å². The van der Waals surface area contributed by atoms with Gasteiger partial charge < -0.3 is 4.74 Å². The molecule has 3 aromatic rings. The van der Waals surface area contributed by atoms with Crippen molar-refractivity contribution in [3.05, 3.63) is 57.7 Å². The molecule has 0 N–H and O–H groups in total. The predicted octanol–water partition coefficient (Wildman–Crippen LogP) is 5.08. The Bertz CT molecular complexity index is 884. The highest BCUT2D eigenvalue weighted by molar-refractivity contribution is 9.10. The van der Waals surface area contributed by atoms with Crippen molar-refractivity contribution in [3.63, 3.8) is 0 Å². The van der Waals surface area contributed by atoms with Crippen molar-refractivity contribution in [1.29, 1.82) is 0 Å². The summed E-state index contributed by atoms with van der Waals surface area (Å²) in [5, 5.41) is 0. The molecule has 3 rings (SSSR count). The van der Waals surface area contributed by atoms with Crippen LogP contribution in [0.2, 0.25) is 0 Å². The molecule has 3 nitrogen and oxygen atoms in total. The first kappa shape index (κ1) is 14.8. The third-order valence-electron chi connectivity index (χ3n) is 3.15. The average Bonchev–Trinajstić information content (AvgIpc) is 2.47. The second kappa shape index (κ2) is 5.61. The maximum atomic E-state index is 13.7. The second-order valence-electron chi connectivity index (χ2n) is 4.88. The number of rotatable bonds is 2. The zero-order valence-electron chi connectivity index (χ0n) is 11.8. The Hall–Kier alpha value is -2.08. The van der Waals surface area contributed by atoms with Gasteiger partial charge >= 0.3 is 0 Å². The molecule has 0 bridgehead atoms. The fourth-order valence-corrected chi connectivity index (χ4v) is 2.60. The monoisotopic (exact) mass is 364 g/mol. The van der Waals surface area contributed by atoms with Crippen LogP contribution in [-0.4, -0.2) is 9.97 Å². The molecule has 0 saturated carbocycles. The van der Waals surface area contributed by atoms with Gasteiger partial charge in [0.2, 0.25) is 5.88 Å². The van der Waals surface area contributed by atoms with Crippen LogP contribution in [-0.2, 0) is 0 Å². The molecular weight excluding hydrogens is 354 g/mol. The number of hydrogen-bond acceptors (Lipinski definition) is 3. The summed E-state index contributed by atoms with van der Waals surface area (Å²) in [5.41, 5.74) is 1.60. The normalized spacial score (nSPS) is 11.0. The first-order valence-electron chi connectivity index (χ1n) is 6.52. The minimum atomic E-state index is -1.00. The van der Waals surface area contributed by atoms with E-state index >= 15 is 0 Å². The quantitative estimate of drug-likeness (QED) is 0.635. The molecule has 0 aliphatic carbocycles. The molecule has 0 aliphatic rings. The van der Waals surface area contributed by atoms with E-state index in [1.54, 1.807) is 13.0 Å². The van der Waals surface area contributed by atoms with Gasteiger partial charge in [-0.2, -0.15) is 0 Å². The van der Waals surface area contributed by atoms with E-state index in [1.807, 2.05) is 19.1 Å². The molecule has 0 spiro atoms. The Morgan fingerprint density at radius 3 is 2.55 bits per heavy atom. The Balaban J connectivity index is 2.08. The summed E-state index contributed by atoms with van der Waals surface area (Å²) in [4.78, 5) is 8.28. The molecule has 0 saturated heterocycles. The van der Waals surface area contributed by atoms with Crippen LogP contribution < -0.4 is 4.74 Å². The molecule has 0 atom stereocenters. The van der Waals surface area contributed by atoms with E-state index in [0.717, 1.165) is 16.1 Å². The number of nitrogens with zero attached hydrogens (tertiary/aromatic N) is 2. The van der Waals surface area contributed by atoms with Crippen molar-refractivity contribution in [3.8, 4) is 11.6 Å². The summed E-state index contributed by atoms with van der Waals surface area (Å²) in [6.07, 6.45) is 0.